The number of carboxylic acid groups (broad SMARTS) is 1. The molecule has 1 N–H and O–H groups in total. The molecule has 0 aliphatic carbocycles. The summed E-state index contributed by atoms with van der Waals surface area (Å²) < 4.78 is 27.1. The third kappa shape index (κ3) is 4.27. The highest BCUT2D eigenvalue weighted by Gasteiger charge is 2.22. The molecule has 1 aromatic rings. The van der Waals surface area contributed by atoms with Gasteiger partial charge >= 0.3 is 5.97 Å². The van der Waals surface area contributed by atoms with Crippen molar-refractivity contribution in [3.63, 3.8) is 0 Å². The van der Waals surface area contributed by atoms with Crippen molar-refractivity contribution < 1.29 is 18.7 Å². The third-order valence-corrected chi connectivity index (χ3v) is 3.40. The van der Waals surface area contributed by atoms with E-state index in [2.05, 4.69) is 0 Å². The summed E-state index contributed by atoms with van der Waals surface area (Å²) >= 11 is 0. The second kappa shape index (κ2) is 7.33. The van der Waals surface area contributed by atoms with E-state index < -0.39 is 17.6 Å². The fourth-order valence-corrected chi connectivity index (χ4v) is 2.33. The molecule has 112 valence electrons. The molecule has 0 radical (unpaired) electrons. The molecular formula is C15H21F2NO2. The van der Waals surface area contributed by atoms with E-state index in [1.807, 2.05) is 18.7 Å². The molecule has 3 nitrogen and oxygen atoms in total. The van der Waals surface area contributed by atoms with E-state index >= 15 is 0 Å². The van der Waals surface area contributed by atoms with Gasteiger partial charge in [0.25, 0.3) is 0 Å². The molecular weight excluding hydrogens is 264 g/mol. The smallest absolute Gasteiger partial charge is 0.303 e. The molecule has 5 heteroatoms. The monoisotopic (exact) mass is 285 g/mol. The van der Waals surface area contributed by atoms with Crippen molar-refractivity contribution in [2.24, 2.45) is 0 Å². The van der Waals surface area contributed by atoms with Crippen LogP contribution in [0.1, 0.15) is 45.2 Å². The number of benzene rings is 1. The van der Waals surface area contributed by atoms with Crippen LogP contribution in [0, 0.1) is 11.6 Å². The lowest BCUT2D eigenvalue weighted by atomic mass is 10.0. The normalized spacial score (nSPS) is 12.9. The van der Waals surface area contributed by atoms with Gasteiger partial charge in [0.2, 0.25) is 0 Å². The van der Waals surface area contributed by atoms with Gasteiger partial charge < -0.3 is 5.11 Å². The number of nitrogens with zero attached hydrogens (tertiary/aromatic N) is 1. The first-order valence-electron chi connectivity index (χ1n) is 6.76. The van der Waals surface area contributed by atoms with Crippen LogP contribution in [0.5, 0.6) is 0 Å². The first kappa shape index (κ1) is 16.6. The summed E-state index contributed by atoms with van der Waals surface area (Å²) in [5.74, 6) is -2.54. The summed E-state index contributed by atoms with van der Waals surface area (Å²) in [4.78, 5) is 12.5. The van der Waals surface area contributed by atoms with Gasteiger partial charge in [-0.05, 0) is 39.8 Å². The molecule has 0 bridgehead atoms. The Hall–Kier alpha value is -1.49. The van der Waals surface area contributed by atoms with Crippen molar-refractivity contribution in [2.45, 2.75) is 45.7 Å². The lowest BCUT2D eigenvalue weighted by Gasteiger charge is -2.33. The molecule has 0 heterocycles. The molecule has 0 aliphatic rings. The minimum atomic E-state index is -0.858. The molecule has 0 aliphatic heterocycles. The zero-order chi connectivity index (χ0) is 15.3. The summed E-state index contributed by atoms with van der Waals surface area (Å²) in [6, 6.07) is 3.95. The molecule has 1 atom stereocenters. The molecule has 0 saturated carbocycles. The Morgan fingerprint density at radius 2 is 1.95 bits per heavy atom. The van der Waals surface area contributed by atoms with E-state index in [9.17, 15) is 13.6 Å². The Labute approximate surface area is 118 Å². The Balaban J connectivity index is 2.85. The summed E-state index contributed by atoms with van der Waals surface area (Å²) in [7, 11) is 0. The number of carbonyl (C=O) groups is 1. The van der Waals surface area contributed by atoms with E-state index in [0.29, 0.717) is 18.5 Å². The van der Waals surface area contributed by atoms with Crippen LogP contribution in [0.2, 0.25) is 0 Å². The number of carboxylic acids is 1. The minimum absolute atomic E-state index is 0.0710. The van der Waals surface area contributed by atoms with Crippen molar-refractivity contribution in [3.05, 3.63) is 35.4 Å². The molecule has 0 aromatic heterocycles. The standard InChI is InChI=1S/C15H21F2NO2/c1-10(2)18(9-5-8-14(19)20)11(3)12-6-4-7-13(16)15(12)17/h4,6-7,10-11H,5,8-9H2,1-3H3,(H,19,20). The largest absolute Gasteiger partial charge is 0.481 e. The predicted octanol–water partition coefficient (Wildman–Crippen LogP) is 3.60. The average molecular weight is 285 g/mol. The maximum Gasteiger partial charge on any atom is 0.303 e. The van der Waals surface area contributed by atoms with E-state index in [1.54, 1.807) is 13.0 Å². The van der Waals surface area contributed by atoms with Crippen LogP contribution in [-0.4, -0.2) is 28.6 Å². The number of halogens is 2. The van der Waals surface area contributed by atoms with Gasteiger partial charge in [-0.3, -0.25) is 9.69 Å². The minimum Gasteiger partial charge on any atom is -0.481 e. The fraction of sp³-hybridized carbons (Fsp3) is 0.533. The SMILES string of the molecule is CC(C)N(CCCC(=O)O)C(C)c1cccc(F)c1F. The van der Waals surface area contributed by atoms with Crippen LogP contribution in [-0.2, 0) is 4.79 Å². The van der Waals surface area contributed by atoms with Crippen LogP contribution in [0.25, 0.3) is 0 Å². The molecule has 0 spiro atoms. The van der Waals surface area contributed by atoms with Crippen LogP contribution < -0.4 is 0 Å². The summed E-state index contributed by atoms with van der Waals surface area (Å²) in [5.41, 5.74) is 0.300. The molecule has 1 unspecified atom stereocenters. The second-order valence-corrected chi connectivity index (χ2v) is 5.15. The summed E-state index contributed by atoms with van der Waals surface area (Å²) in [6.07, 6.45) is 0.552. The van der Waals surface area contributed by atoms with Gasteiger partial charge in [0, 0.05) is 24.1 Å². The molecule has 0 amide bonds. The van der Waals surface area contributed by atoms with Crippen molar-refractivity contribution in [1.29, 1.82) is 0 Å². The fourth-order valence-electron chi connectivity index (χ4n) is 2.33. The van der Waals surface area contributed by atoms with Gasteiger partial charge in [-0.2, -0.15) is 0 Å². The van der Waals surface area contributed by atoms with Gasteiger partial charge in [-0.15, -0.1) is 0 Å². The molecule has 1 aromatic carbocycles. The van der Waals surface area contributed by atoms with Crippen LogP contribution in [0.15, 0.2) is 18.2 Å². The topological polar surface area (TPSA) is 40.5 Å². The first-order chi connectivity index (χ1) is 9.34. The van der Waals surface area contributed by atoms with Gasteiger partial charge in [0.1, 0.15) is 0 Å². The number of rotatable bonds is 7. The Morgan fingerprint density at radius 1 is 1.30 bits per heavy atom. The quantitative estimate of drug-likeness (QED) is 0.832. The molecule has 1 rings (SSSR count). The third-order valence-electron chi connectivity index (χ3n) is 3.40. The second-order valence-electron chi connectivity index (χ2n) is 5.15. The van der Waals surface area contributed by atoms with Crippen molar-refractivity contribution in [3.8, 4) is 0 Å². The zero-order valence-corrected chi connectivity index (χ0v) is 12.1. The van der Waals surface area contributed by atoms with Gasteiger partial charge in [0.05, 0.1) is 0 Å². The van der Waals surface area contributed by atoms with Crippen molar-refractivity contribution in [2.75, 3.05) is 6.54 Å². The maximum atomic E-state index is 13.8. The van der Waals surface area contributed by atoms with Crippen molar-refractivity contribution in [1.82, 2.24) is 4.90 Å². The van der Waals surface area contributed by atoms with E-state index in [0.717, 1.165) is 6.07 Å². The van der Waals surface area contributed by atoms with Gasteiger partial charge in [-0.25, -0.2) is 8.78 Å². The number of aliphatic carboxylic acids is 1. The zero-order valence-electron chi connectivity index (χ0n) is 12.1. The lowest BCUT2D eigenvalue weighted by Crippen LogP contribution is -2.35. The van der Waals surface area contributed by atoms with E-state index in [4.69, 9.17) is 5.11 Å². The van der Waals surface area contributed by atoms with E-state index in [-0.39, 0.29) is 18.5 Å². The number of hydrogen-bond acceptors (Lipinski definition) is 2. The first-order valence-corrected chi connectivity index (χ1v) is 6.76. The predicted molar refractivity (Wildman–Crippen MR) is 73.5 cm³/mol. The maximum absolute atomic E-state index is 13.8. The highest BCUT2D eigenvalue weighted by molar-refractivity contribution is 5.66. The van der Waals surface area contributed by atoms with Crippen LogP contribution in [0.3, 0.4) is 0 Å². The van der Waals surface area contributed by atoms with Gasteiger partial charge in [-0.1, -0.05) is 12.1 Å². The highest BCUT2D eigenvalue weighted by atomic mass is 19.2. The molecule has 0 fully saturated rings. The summed E-state index contributed by atoms with van der Waals surface area (Å²) in [5, 5.41) is 8.67. The highest BCUT2D eigenvalue weighted by Crippen LogP contribution is 2.26. The number of hydrogen-bond donors (Lipinski definition) is 1. The lowest BCUT2D eigenvalue weighted by molar-refractivity contribution is -0.137. The van der Waals surface area contributed by atoms with Gasteiger partial charge in [0.15, 0.2) is 11.6 Å². The van der Waals surface area contributed by atoms with Crippen LogP contribution in [0.4, 0.5) is 8.78 Å². The Morgan fingerprint density at radius 3 is 2.50 bits per heavy atom. The Kier molecular flexibility index (Phi) is 6.07. The van der Waals surface area contributed by atoms with Crippen molar-refractivity contribution >= 4 is 5.97 Å². The average Bonchev–Trinajstić information content (AvgIpc) is 2.36. The van der Waals surface area contributed by atoms with Crippen LogP contribution >= 0.6 is 0 Å². The Bertz CT molecular complexity index is 463. The van der Waals surface area contributed by atoms with E-state index in [1.165, 1.54) is 6.07 Å². The molecule has 0 saturated heterocycles. The summed E-state index contributed by atoms with van der Waals surface area (Å²) in [6.45, 7) is 6.24. The molecule has 20 heavy (non-hydrogen) atoms.